The summed E-state index contributed by atoms with van der Waals surface area (Å²) in [5.74, 6) is 0.200. The molecule has 0 saturated heterocycles. The van der Waals surface area contributed by atoms with E-state index in [0.29, 0.717) is 16.3 Å². The van der Waals surface area contributed by atoms with Gasteiger partial charge in [-0.3, -0.25) is 4.99 Å². The number of phenols is 2. The average Bonchev–Trinajstić information content (AvgIpc) is 2.49. The molecule has 2 aromatic carbocycles. The van der Waals surface area contributed by atoms with Gasteiger partial charge in [0, 0.05) is 16.8 Å². The van der Waals surface area contributed by atoms with Gasteiger partial charge in [-0.25, -0.2) is 0 Å². The first kappa shape index (κ1) is 16.4. The monoisotopic (exact) mass is 317 g/mol. The van der Waals surface area contributed by atoms with Crippen molar-refractivity contribution >= 4 is 23.5 Å². The molecule has 3 nitrogen and oxygen atoms in total. The second kappa shape index (κ2) is 6.41. The first-order valence-corrected chi connectivity index (χ1v) is 7.57. The van der Waals surface area contributed by atoms with Gasteiger partial charge in [-0.05, 0) is 47.7 Å². The van der Waals surface area contributed by atoms with Gasteiger partial charge in [-0.1, -0.05) is 38.4 Å². The van der Waals surface area contributed by atoms with E-state index in [1.54, 1.807) is 18.2 Å². The Morgan fingerprint density at radius 3 is 2.45 bits per heavy atom. The third kappa shape index (κ3) is 3.60. The third-order valence-corrected chi connectivity index (χ3v) is 4.21. The third-order valence-electron chi connectivity index (χ3n) is 3.97. The second-order valence-electron chi connectivity index (χ2n) is 5.90. The van der Waals surface area contributed by atoms with Crippen molar-refractivity contribution in [2.45, 2.75) is 32.6 Å². The van der Waals surface area contributed by atoms with Gasteiger partial charge in [0.05, 0.1) is 0 Å². The number of halogens is 1. The van der Waals surface area contributed by atoms with Crippen molar-refractivity contribution in [3.05, 3.63) is 52.5 Å². The lowest BCUT2D eigenvalue weighted by Gasteiger charge is -2.23. The lowest BCUT2D eigenvalue weighted by Crippen LogP contribution is -2.14. The molecule has 0 amide bonds. The number of aliphatic imine (C=N–C) groups is 1. The zero-order valence-corrected chi connectivity index (χ0v) is 13.7. The van der Waals surface area contributed by atoms with Crippen LogP contribution in [0.25, 0.3) is 0 Å². The van der Waals surface area contributed by atoms with Gasteiger partial charge in [0.25, 0.3) is 0 Å². The number of hydrogen-bond donors (Lipinski definition) is 2. The highest BCUT2D eigenvalue weighted by atomic mass is 35.5. The van der Waals surface area contributed by atoms with E-state index in [2.05, 4.69) is 25.8 Å². The maximum absolute atomic E-state index is 9.97. The summed E-state index contributed by atoms with van der Waals surface area (Å²) in [5.41, 5.74) is 2.09. The molecule has 0 heterocycles. The SMILES string of the molecule is CCC(C)(C)c1ccc(O)c(N=Cc2cc(Cl)ccc2O)c1. The van der Waals surface area contributed by atoms with E-state index in [0.717, 1.165) is 12.0 Å². The van der Waals surface area contributed by atoms with Crippen LogP contribution in [0.4, 0.5) is 5.69 Å². The molecule has 0 aromatic heterocycles. The minimum absolute atomic E-state index is 0.0101. The fraction of sp³-hybridized carbons (Fsp3) is 0.278. The Kier molecular flexibility index (Phi) is 4.77. The van der Waals surface area contributed by atoms with Crippen LogP contribution in [-0.4, -0.2) is 16.4 Å². The Hall–Kier alpha value is -2.00. The second-order valence-corrected chi connectivity index (χ2v) is 6.34. The molecule has 2 rings (SSSR count). The zero-order chi connectivity index (χ0) is 16.3. The highest BCUT2D eigenvalue weighted by molar-refractivity contribution is 6.30. The minimum Gasteiger partial charge on any atom is -0.507 e. The lowest BCUT2D eigenvalue weighted by molar-refractivity contribution is 0.472. The van der Waals surface area contributed by atoms with Crippen molar-refractivity contribution in [1.82, 2.24) is 0 Å². The minimum atomic E-state index is 0.0101. The van der Waals surface area contributed by atoms with Crippen molar-refractivity contribution in [3.8, 4) is 11.5 Å². The summed E-state index contributed by atoms with van der Waals surface area (Å²) < 4.78 is 0. The summed E-state index contributed by atoms with van der Waals surface area (Å²) in [5, 5.41) is 20.3. The number of phenolic OH excluding ortho intramolecular Hbond substituents is 2. The Balaban J connectivity index is 2.38. The molecule has 2 aromatic rings. The molecule has 0 bridgehead atoms. The summed E-state index contributed by atoms with van der Waals surface area (Å²) in [6.07, 6.45) is 2.48. The summed E-state index contributed by atoms with van der Waals surface area (Å²) in [6, 6.07) is 10.2. The molecule has 2 N–H and O–H groups in total. The van der Waals surface area contributed by atoms with Crippen LogP contribution in [0.3, 0.4) is 0 Å². The first-order valence-electron chi connectivity index (χ1n) is 7.19. The summed E-state index contributed by atoms with van der Waals surface area (Å²) in [4.78, 5) is 4.29. The Morgan fingerprint density at radius 2 is 1.77 bits per heavy atom. The fourth-order valence-corrected chi connectivity index (χ4v) is 2.20. The average molecular weight is 318 g/mol. The highest BCUT2D eigenvalue weighted by Crippen LogP contribution is 2.34. The molecule has 0 fully saturated rings. The predicted octanol–water partition coefficient (Wildman–Crippen LogP) is 5.19. The topological polar surface area (TPSA) is 52.8 Å². The molecule has 0 spiro atoms. The first-order chi connectivity index (χ1) is 10.3. The van der Waals surface area contributed by atoms with Crippen LogP contribution < -0.4 is 0 Å². The van der Waals surface area contributed by atoms with Crippen LogP contribution in [0.1, 0.15) is 38.3 Å². The molecule has 0 aliphatic rings. The molecular weight excluding hydrogens is 298 g/mol. The van der Waals surface area contributed by atoms with E-state index in [1.165, 1.54) is 12.3 Å². The normalized spacial score (nSPS) is 12.0. The maximum Gasteiger partial charge on any atom is 0.141 e. The lowest BCUT2D eigenvalue weighted by atomic mass is 9.82. The van der Waals surface area contributed by atoms with Gasteiger partial charge >= 0.3 is 0 Å². The van der Waals surface area contributed by atoms with Crippen LogP contribution in [0.5, 0.6) is 11.5 Å². The Bertz CT molecular complexity index is 708. The van der Waals surface area contributed by atoms with Crippen molar-refractivity contribution in [2.24, 2.45) is 4.99 Å². The number of hydrogen-bond acceptors (Lipinski definition) is 3. The van der Waals surface area contributed by atoms with Crippen LogP contribution in [-0.2, 0) is 5.41 Å². The van der Waals surface area contributed by atoms with Crippen LogP contribution in [0.15, 0.2) is 41.4 Å². The van der Waals surface area contributed by atoms with E-state index in [-0.39, 0.29) is 16.9 Å². The molecular formula is C18H20ClNO2. The van der Waals surface area contributed by atoms with Crippen LogP contribution in [0.2, 0.25) is 5.02 Å². The largest absolute Gasteiger partial charge is 0.507 e. The molecule has 0 saturated carbocycles. The zero-order valence-electron chi connectivity index (χ0n) is 13.0. The quantitative estimate of drug-likeness (QED) is 0.762. The van der Waals surface area contributed by atoms with E-state index in [1.807, 2.05) is 12.1 Å². The van der Waals surface area contributed by atoms with Gasteiger partial charge in [0.15, 0.2) is 0 Å². The van der Waals surface area contributed by atoms with E-state index in [4.69, 9.17) is 11.6 Å². The molecule has 0 radical (unpaired) electrons. The van der Waals surface area contributed by atoms with Gasteiger partial charge in [0.2, 0.25) is 0 Å². The highest BCUT2D eigenvalue weighted by Gasteiger charge is 2.19. The molecule has 22 heavy (non-hydrogen) atoms. The van der Waals surface area contributed by atoms with Gasteiger partial charge in [0.1, 0.15) is 17.2 Å². The van der Waals surface area contributed by atoms with E-state index in [9.17, 15) is 10.2 Å². The maximum atomic E-state index is 9.97. The molecule has 0 aliphatic carbocycles. The Labute approximate surface area is 135 Å². The molecule has 116 valence electrons. The van der Waals surface area contributed by atoms with Crippen molar-refractivity contribution < 1.29 is 10.2 Å². The molecule has 0 aliphatic heterocycles. The van der Waals surface area contributed by atoms with Gasteiger partial charge in [-0.2, -0.15) is 0 Å². The van der Waals surface area contributed by atoms with Crippen LogP contribution in [0, 0.1) is 0 Å². The number of rotatable bonds is 4. The van der Waals surface area contributed by atoms with Crippen molar-refractivity contribution in [3.63, 3.8) is 0 Å². The number of nitrogens with zero attached hydrogens (tertiary/aromatic N) is 1. The fourth-order valence-electron chi connectivity index (χ4n) is 2.02. The number of benzene rings is 2. The molecule has 0 unspecified atom stereocenters. The van der Waals surface area contributed by atoms with Crippen LogP contribution >= 0.6 is 11.6 Å². The van der Waals surface area contributed by atoms with Crippen molar-refractivity contribution in [2.75, 3.05) is 0 Å². The van der Waals surface area contributed by atoms with E-state index < -0.39 is 0 Å². The summed E-state index contributed by atoms with van der Waals surface area (Å²) in [6.45, 7) is 6.42. The summed E-state index contributed by atoms with van der Waals surface area (Å²) >= 11 is 5.91. The molecule has 0 atom stereocenters. The van der Waals surface area contributed by atoms with Gasteiger partial charge < -0.3 is 10.2 Å². The predicted molar refractivity (Wildman–Crippen MR) is 91.8 cm³/mol. The standard InChI is InChI=1S/C18H20ClNO2/c1-4-18(2,3)13-5-7-17(22)15(10-13)20-11-12-9-14(19)6-8-16(12)21/h5-11,21-22H,4H2,1-3H3. The smallest absolute Gasteiger partial charge is 0.141 e. The molecule has 4 heteroatoms. The van der Waals surface area contributed by atoms with Gasteiger partial charge in [-0.15, -0.1) is 0 Å². The summed E-state index contributed by atoms with van der Waals surface area (Å²) in [7, 11) is 0. The van der Waals surface area contributed by atoms with Crippen molar-refractivity contribution in [1.29, 1.82) is 0 Å². The number of aromatic hydroxyl groups is 2. The van der Waals surface area contributed by atoms with E-state index >= 15 is 0 Å². The Morgan fingerprint density at radius 1 is 1.09 bits per heavy atom.